The van der Waals surface area contributed by atoms with Crippen LogP contribution in [0, 0.1) is 0 Å². The first-order chi connectivity index (χ1) is 23.8. The van der Waals surface area contributed by atoms with Crippen molar-refractivity contribution in [2.75, 3.05) is 25.1 Å². The fraction of sp³-hybridized carbons (Fsp3) is 0.297. The Morgan fingerprint density at radius 1 is 0.900 bits per heavy atom. The van der Waals surface area contributed by atoms with Crippen LogP contribution in [0.2, 0.25) is 0 Å². The number of carbonyl (C=O) groups excluding carboxylic acids is 4. The van der Waals surface area contributed by atoms with E-state index in [1.54, 1.807) is 45.0 Å². The first-order valence-electron chi connectivity index (χ1n) is 16.2. The normalized spacial score (nSPS) is 12.0. The lowest BCUT2D eigenvalue weighted by molar-refractivity contribution is -0.143. The molecule has 0 aliphatic heterocycles. The molecular weight excluding hydrogens is 638 g/mol. The summed E-state index contributed by atoms with van der Waals surface area (Å²) in [6, 6.07) is 16.9. The van der Waals surface area contributed by atoms with Gasteiger partial charge in [-0.25, -0.2) is 9.59 Å². The second kappa shape index (κ2) is 15.1. The standard InChI is InChI=1S/C37H41N7O6/c1-37(2,3)50-34(47)27-19-24-9-6-5-8-23(24)18-26(27)33(46)40-17-7-10-28(35(48)49-4)42-32(45)22-14-11-21(12-15-22)13-16-25-20-41-31-29(25)30(38)43-36(39)44-31/h5-6,8-9,11-12,14-15,18-20,28H,7,10,13,16-17H2,1-4H3,(H,40,46)(H,42,45)(H5,38,39,41,43,44)/t28-/m0/s1. The number of anilines is 2. The Kier molecular flexibility index (Phi) is 10.6. The quantitative estimate of drug-likeness (QED) is 0.0922. The van der Waals surface area contributed by atoms with E-state index in [1.807, 2.05) is 42.6 Å². The molecule has 7 N–H and O–H groups in total. The molecule has 0 radical (unpaired) electrons. The number of H-pyrrole nitrogens is 1. The van der Waals surface area contributed by atoms with Gasteiger partial charge >= 0.3 is 11.9 Å². The van der Waals surface area contributed by atoms with Crippen LogP contribution in [0.5, 0.6) is 0 Å². The van der Waals surface area contributed by atoms with Gasteiger partial charge in [-0.2, -0.15) is 9.97 Å². The molecule has 260 valence electrons. The number of methoxy groups -OCH3 is 1. The molecule has 0 spiro atoms. The Labute approximate surface area is 289 Å². The van der Waals surface area contributed by atoms with Crippen LogP contribution in [0.4, 0.5) is 11.8 Å². The molecule has 0 fully saturated rings. The van der Waals surface area contributed by atoms with E-state index in [0.29, 0.717) is 36.3 Å². The number of carbonyl (C=O) groups is 4. The molecule has 2 amide bonds. The molecule has 0 saturated heterocycles. The van der Waals surface area contributed by atoms with Gasteiger partial charge < -0.3 is 36.6 Å². The maximum atomic E-state index is 13.3. The number of fused-ring (bicyclic) bond motifs is 2. The fourth-order valence-electron chi connectivity index (χ4n) is 5.61. The van der Waals surface area contributed by atoms with Crippen LogP contribution in [0.15, 0.2) is 66.9 Å². The predicted octanol–water partition coefficient (Wildman–Crippen LogP) is 4.50. The average molecular weight is 680 g/mol. The number of aryl methyl sites for hydroxylation is 2. The second-order valence-corrected chi connectivity index (χ2v) is 12.9. The van der Waals surface area contributed by atoms with E-state index < -0.39 is 35.4 Å². The van der Waals surface area contributed by atoms with Crippen LogP contribution >= 0.6 is 0 Å². The zero-order valence-corrected chi connectivity index (χ0v) is 28.5. The van der Waals surface area contributed by atoms with Gasteiger partial charge in [0.1, 0.15) is 23.1 Å². The molecule has 13 nitrogen and oxygen atoms in total. The Morgan fingerprint density at radius 3 is 2.24 bits per heavy atom. The third-order valence-corrected chi connectivity index (χ3v) is 8.05. The smallest absolute Gasteiger partial charge is 0.339 e. The molecule has 0 saturated carbocycles. The number of nitrogens with one attached hydrogen (secondary N) is 3. The minimum absolute atomic E-state index is 0.102. The summed E-state index contributed by atoms with van der Waals surface area (Å²) in [4.78, 5) is 63.3. The molecule has 0 aliphatic rings. The zero-order valence-electron chi connectivity index (χ0n) is 28.5. The van der Waals surface area contributed by atoms with Gasteiger partial charge in [0.2, 0.25) is 5.95 Å². The summed E-state index contributed by atoms with van der Waals surface area (Å²) in [5, 5.41) is 7.91. The van der Waals surface area contributed by atoms with Crippen LogP contribution in [-0.4, -0.2) is 64.0 Å². The van der Waals surface area contributed by atoms with Crippen LogP contribution < -0.4 is 22.1 Å². The number of aromatic amines is 1. The molecule has 50 heavy (non-hydrogen) atoms. The highest BCUT2D eigenvalue weighted by Crippen LogP contribution is 2.25. The molecule has 3 aromatic carbocycles. The van der Waals surface area contributed by atoms with E-state index in [-0.39, 0.29) is 30.0 Å². The van der Waals surface area contributed by atoms with E-state index in [4.69, 9.17) is 20.9 Å². The molecule has 2 heterocycles. The lowest BCUT2D eigenvalue weighted by Crippen LogP contribution is -2.42. The summed E-state index contributed by atoms with van der Waals surface area (Å²) in [7, 11) is 1.25. The van der Waals surface area contributed by atoms with Crippen LogP contribution in [0.3, 0.4) is 0 Å². The van der Waals surface area contributed by atoms with Crippen LogP contribution in [0.25, 0.3) is 21.8 Å². The third-order valence-electron chi connectivity index (χ3n) is 8.05. The van der Waals surface area contributed by atoms with Gasteiger partial charge in [0, 0.05) is 18.3 Å². The summed E-state index contributed by atoms with van der Waals surface area (Å²) in [5.41, 5.74) is 14.2. The first-order valence-corrected chi connectivity index (χ1v) is 16.2. The first kappa shape index (κ1) is 35.3. The molecule has 5 rings (SSSR count). The predicted molar refractivity (Wildman–Crippen MR) is 191 cm³/mol. The van der Waals surface area contributed by atoms with Crippen molar-refractivity contribution < 1.29 is 28.7 Å². The highest BCUT2D eigenvalue weighted by atomic mass is 16.6. The Morgan fingerprint density at radius 2 is 1.58 bits per heavy atom. The lowest BCUT2D eigenvalue weighted by Gasteiger charge is -2.21. The van der Waals surface area contributed by atoms with Gasteiger partial charge in [-0.1, -0.05) is 36.4 Å². The largest absolute Gasteiger partial charge is 0.467 e. The molecule has 0 bridgehead atoms. The molecule has 2 aromatic heterocycles. The number of amides is 2. The molecule has 0 unspecified atom stereocenters. The highest BCUT2D eigenvalue weighted by molar-refractivity contribution is 6.09. The number of esters is 2. The fourth-order valence-corrected chi connectivity index (χ4v) is 5.61. The summed E-state index contributed by atoms with van der Waals surface area (Å²) in [6.45, 7) is 5.46. The Hall–Kier alpha value is -5.98. The van der Waals surface area contributed by atoms with E-state index in [1.165, 1.54) is 7.11 Å². The number of nitrogens with two attached hydrogens (primary N) is 2. The Bertz CT molecular complexity index is 2050. The van der Waals surface area contributed by atoms with Crippen molar-refractivity contribution in [3.8, 4) is 0 Å². The van der Waals surface area contributed by atoms with Crippen molar-refractivity contribution in [1.82, 2.24) is 25.6 Å². The van der Waals surface area contributed by atoms with Gasteiger partial charge in [-0.3, -0.25) is 9.59 Å². The van der Waals surface area contributed by atoms with E-state index in [2.05, 4.69) is 25.6 Å². The second-order valence-electron chi connectivity index (χ2n) is 12.9. The third kappa shape index (κ3) is 8.53. The van der Waals surface area contributed by atoms with Gasteiger partial charge in [0.05, 0.1) is 23.6 Å². The monoisotopic (exact) mass is 679 g/mol. The number of aromatic nitrogens is 3. The van der Waals surface area contributed by atoms with Gasteiger partial charge in [-0.15, -0.1) is 0 Å². The minimum Gasteiger partial charge on any atom is -0.467 e. The number of hydrogen-bond donors (Lipinski definition) is 5. The summed E-state index contributed by atoms with van der Waals surface area (Å²) < 4.78 is 10.5. The topological polar surface area (TPSA) is 204 Å². The van der Waals surface area contributed by atoms with E-state index >= 15 is 0 Å². The molecule has 0 aliphatic carbocycles. The maximum absolute atomic E-state index is 13.3. The van der Waals surface area contributed by atoms with Gasteiger partial charge in [-0.05, 0) is 92.6 Å². The van der Waals surface area contributed by atoms with Crippen LogP contribution in [0.1, 0.15) is 75.8 Å². The SMILES string of the molecule is COC(=O)[C@H](CCCNC(=O)c1cc2ccccc2cc1C(=O)OC(C)(C)C)NC(=O)c1ccc(CCc2c[nH]c3nc(N)nc(N)c23)cc1. The number of nitrogens with zero attached hydrogens (tertiary/aromatic N) is 2. The number of rotatable bonds is 12. The summed E-state index contributed by atoms with van der Waals surface area (Å²) >= 11 is 0. The Balaban J connectivity index is 1.17. The van der Waals surface area contributed by atoms with Crippen molar-refractivity contribution in [2.45, 2.75) is 58.1 Å². The van der Waals surface area contributed by atoms with Crippen molar-refractivity contribution in [2.24, 2.45) is 0 Å². The number of benzene rings is 3. The minimum atomic E-state index is -0.939. The highest BCUT2D eigenvalue weighted by Gasteiger charge is 2.25. The van der Waals surface area contributed by atoms with Crippen molar-refractivity contribution in [3.63, 3.8) is 0 Å². The number of nitrogen functional groups attached to an aromatic ring is 2. The van der Waals surface area contributed by atoms with Crippen LogP contribution in [-0.2, 0) is 27.1 Å². The lowest BCUT2D eigenvalue weighted by atomic mass is 10.00. The number of hydrogen-bond acceptors (Lipinski definition) is 10. The zero-order chi connectivity index (χ0) is 36.0. The molecule has 1 atom stereocenters. The van der Waals surface area contributed by atoms with Gasteiger partial charge in [0.25, 0.3) is 11.8 Å². The summed E-state index contributed by atoms with van der Waals surface area (Å²) in [5.74, 6) is -1.68. The molecule has 13 heteroatoms. The van der Waals surface area contributed by atoms with Crippen molar-refractivity contribution >= 4 is 57.3 Å². The van der Waals surface area contributed by atoms with Crippen molar-refractivity contribution in [1.29, 1.82) is 0 Å². The van der Waals surface area contributed by atoms with Gasteiger partial charge in [0.15, 0.2) is 0 Å². The molecular formula is C37H41N7O6. The summed E-state index contributed by atoms with van der Waals surface area (Å²) in [6.07, 6.45) is 3.72. The average Bonchev–Trinajstić information content (AvgIpc) is 3.49. The van der Waals surface area contributed by atoms with Crippen molar-refractivity contribution in [3.05, 3.63) is 94.7 Å². The number of ether oxygens (including phenoxy) is 2. The maximum Gasteiger partial charge on any atom is 0.339 e. The molecule has 5 aromatic rings. The van der Waals surface area contributed by atoms with E-state index in [0.717, 1.165) is 27.3 Å². The van der Waals surface area contributed by atoms with E-state index in [9.17, 15) is 19.2 Å².